The highest BCUT2D eigenvalue weighted by Gasteiger charge is 2.49. The van der Waals surface area contributed by atoms with E-state index in [1.807, 2.05) is 6.20 Å². The number of nitrogens with two attached hydrogens (primary N) is 1. The average molecular weight is 496 g/mol. The lowest BCUT2D eigenvalue weighted by Crippen LogP contribution is -2.55. The first-order valence-corrected chi connectivity index (χ1v) is 13.6. The summed E-state index contributed by atoms with van der Waals surface area (Å²) < 4.78 is 39.6. The predicted octanol–water partition coefficient (Wildman–Crippen LogP) is 3.88. The molecule has 2 aliphatic rings. The third kappa shape index (κ3) is 4.42. The van der Waals surface area contributed by atoms with Crippen molar-refractivity contribution in [3.63, 3.8) is 0 Å². The zero-order valence-electron chi connectivity index (χ0n) is 20.3. The van der Waals surface area contributed by atoms with Crippen LogP contribution in [-0.2, 0) is 28.2 Å². The number of pyridine rings is 1. The van der Waals surface area contributed by atoms with Crippen LogP contribution in [-0.4, -0.2) is 39.7 Å². The maximum absolute atomic E-state index is 15.0. The molecule has 0 saturated heterocycles. The van der Waals surface area contributed by atoms with Crippen molar-refractivity contribution in [3.8, 4) is 0 Å². The number of hydrogen-bond donors (Lipinski definition) is 1. The molecule has 9 heteroatoms. The minimum Gasteiger partial charge on any atom is -0.386 e. The molecule has 35 heavy (non-hydrogen) atoms. The minimum atomic E-state index is -3.65. The molecule has 0 amide bonds. The van der Waals surface area contributed by atoms with Crippen molar-refractivity contribution in [2.24, 2.45) is 16.6 Å². The first kappa shape index (κ1) is 23.8. The molecule has 1 atom stereocenters. The fourth-order valence-corrected chi connectivity index (χ4v) is 6.34. The van der Waals surface area contributed by atoms with Gasteiger partial charge in [0.15, 0.2) is 9.84 Å². The summed E-state index contributed by atoms with van der Waals surface area (Å²) in [5.74, 6) is -0.00490. The number of fused-ring (bicyclic) bond motifs is 1. The van der Waals surface area contributed by atoms with Crippen molar-refractivity contribution in [2.45, 2.75) is 63.2 Å². The Hall–Kier alpha value is -2.94. The molecule has 5 rings (SSSR count). The van der Waals surface area contributed by atoms with Gasteiger partial charge in [-0.2, -0.15) is 0 Å². The van der Waals surface area contributed by atoms with Crippen LogP contribution < -0.4 is 5.73 Å². The lowest BCUT2D eigenvalue weighted by atomic mass is 9.91. The van der Waals surface area contributed by atoms with Crippen molar-refractivity contribution in [1.82, 2.24) is 15.0 Å². The molecule has 7 nitrogen and oxygen atoms in total. The molecule has 1 saturated carbocycles. The van der Waals surface area contributed by atoms with Crippen LogP contribution in [0, 0.1) is 11.7 Å². The second-order valence-electron chi connectivity index (χ2n) is 10.5. The topological polar surface area (TPSA) is 111 Å². The maximum atomic E-state index is 15.0. The third-order valence-electron chi connectivity index (χ3n) is 7.36. The molecule has 1 aliphatic heterocycles. The van der Waals surface area contributed by atoms with E-state index in [9.17, 15) is 12.8 Å². The zero-order valence-corrected chi connectivity index (χ0v) is 21.1. The summed E-state index contributed by atoms with van der Waals surface area (Å²) >= 11 is 0. The second kappa shape index (κ2) is 8.33. The van der Waals surface area contributed by atoms with Gasteiger partial charge in [0.25, 0.3) is 0 Å². The molecule has 1 aliphatic carbocycles. The first-order valence-electron chi connectivity index (χ1n) is 11.9. The summed E-state index contributed by atoms with van der Waals surface area (Å²) in [6.07, 6.45) is 8.64. The molecule has 3 aromatic rings. The lowest BCUT2D eigenvalue weighted by Gasteiger charge is -2.38. The Morgan fingerprint density at radius 3 is 2.57 bits per heavy atom. The number of nitrogens with zero attached hydrogens (tertiary/aromatic N) is 4. The van der Waals surface area contributed by atoms with Gasteiger partial charge in [0, 0.05) is 18.2 Å². The lowest BCUT2D eigenvalue weighted by molar-refractivity contribution is 0.475. The van der Waals surface area contributed by atoms with Crippen LogP contribution in [0.15, 0.2) is 41.8 Å². The van der Waals surface area contributed by atoms with Crippen LogP contribution in [0.3, 0.4) is 0 Å². The van der Waals surface area contributed by atoms with Gasteiger partial charge < -0.3 is 5.73 Å². The van der Waals surface area contributed by atoms with Gasteiger partial charge in [-0.1, -0.05) is 25.0 Å². The molecule has 0 bridgehead atoms. The second-order valence-corrected chi connectivity index (χ2v) is 13.1. The Labute approximate surface area is 205 Å². The Balaban J connectivity index is 1.47. The van der Waals surface area contributed by atoms with Crippen molar-refractivity contribution >= 4 is 26.7 Å². The molecule has 0 radical (unpaired) electrons. The number of hydrogen-bond acceptors (Lipinski definition) is 7. The first-order chi connectivity index (χ1) is 16.5. The van der Waals surface area contributed by atoms with Gasteiger partial charge in [0.1, 0.15) is 33.8 Å². The van der Waals surface area contributed by atoms with Gasteiger partial charge in [0.05, 0.1) is 17.0 Å². The summed E-state index contributed by atoms with van der Waals surface area (Å²) in [4.78, 5) is 18.0. The number of sulfone groups is 1. The number of amidine groups is 1. The molecular formula is C26H30FN5O2S. The summed E-state index contributed by atoms with van der Waals surface area (Å²) in [6, 6.07) is 6.76. The molecule has 1 fully saturated rings. The fourth-order valence-electron chi connectivity index (χ4n) is 4.65. The molecule has 1 aromatic carbocycles. The Morgan fingerprint density at radius 2 is 1.86 bits per heavy atom. The molecule has 0 spiro atoms. The van der Waals surface area contributed by atoms with E-state index in [1.54, 1.807) is 19.1 Å². The smallest absolute Gasteiger partial charge is 0.165 e. The number of halogens is 1. The van der Waals surface area contributed by atoms with Crippen LogP contribution >= 0.6 is 0 Å². The van der Waals surface area contributed by atoms with Gasteiger partial charge in [0.2, 0.25) is 0 Å². The number of aryl methyl sites for hydroxylation is 1. The van der Waals surface area contributed by atoms with E-state index in [0.717, 1.165) is 29.1 Å². The average Bonchev–Trinajstić information content (AvgIpc) is 3.62. The fraction of sp³-hybridized carbons (Fsp3) is 0.462. The standard InChI is InChI=1S/C26H30FN5O2S/c1-25(2)24(28)32-26(3,14-35(25,33)34)19-10-17(8-9-20(19)27)11-21-23-22(31-15-30-21)12-18(13-29-23)7-6-16-4-5-16/h8-10,12-13,15-16H,4-7,11,14H2,1-3H3,(H2,28,32)/t26-/m0/s1. The zero-order chi connectivity index (χ0) is 25.0. The van der Waals surface area contributed by atoms with E-state index in [0.29, 0.717) is 11.9 Å². The normalized spacial score (nSPS) is 23.3. The van der Waals surface area contributed by atoms with E-state index < -0.39 is 25.9 Å². The minimum absolute atomic E-state index is 0.0143. The largest absolute Gasteiger partial charge is 0.386 e. The summed E-state index contributed by atoms with van der Waals surface area (Å²) in [7, 11) is -3.65. The predicted molar refractivity (Wildman–Crippen MR) is 134 cm³/mol. The highest BCUT2D eigenvalue weighted by atomic mass is 32.2. The van der Waals surface area contributed by atoms with Crippen molar-refractivity contribution in [2.75, 3.05) is 5.75 Å². The summed E-state index contributed by atoms with van der Waals surface area (Å²) in [6.45, 7) is 4.66. The Bertz CT molecular complexity index is 1450. The quantitative estimate of drug-likeness (QED) is 0.556. The van der Waals surface area contributed by atoms with Gasteiger partial charge in [-0.25, -0.2) is 22.8 Å². The molecule has 2 aromatic heterocycles. The third-order valence-corrected chi connectivity index (χ3v) is 10.1. The molecule has 2 N–H and O–H groups in total. The van der Waals surface area contributed by atoms with Gasteiger partial charge in [-0.15, -0.1) is 0 Å². The van der Waals surface area contributed by atoms with E-state index in [1.165, 1.54) is 51.1 Å². The van der Waals surface area contributed by atoms with Crippen LogP contribution in [0.25, 0.3) is 11.0 Å². The number of benzene rings is 1. The van der Waals surface area contributed by atoms with Gasteiger partial charge in [-0.3, -0.25) is 9.98 Å². The van der Waals surface area contributed by atoms with E-state index in [-0.39, 0.29) is 17.2 Å². The molecule has 3 heterocycles. The summed E-state index contributed by atoms with van der Waals surface area (Å²) in [5, 5.41) is 0. The highest BCUT2D eigenvalue weighted by Crippen LogP contribution is 2.38. The molecule has 184 valence electrons. The van der Waals surface area contributed by atoms with Gasteiger partial charge in [-0.05, 0) is 62.8 Å². The van der Waals surface area contributed by atoms with Crippen LogP contribution in [0.5, 0.6) is 0 Å². The van der Waals surface area contributed by atoms with Crippen LogP contribution in [0.1, 0.15) is 62.4 Å². The van der Waals surface area contributed by atoms with Crippen molar-refractivity contribution < 1.29 is 12.8 Å². The molecule has 0 unspecified atom stereocenters. The van der Waals surface area contributed by atoms with Crippen molar-refractivity contribution in [1.29, 1.82) is 0 Å². The number of aliphatic imine (C=N–C) groups is 1. The SMILES string of the molecule is CC1(C)C(N)=N[C@](C)(c2cc(Cc3ncnc4cc(CCC5CC5)cnc34)ccc2F)CS1(=O)=O. The molecular weight excluding hydrogens is 465 g/mol. The van der Waals surface area contributed by atoms with E-state index >= 15 is 0 Å². The van der Waals surface area contributed by atoms with Crippen LogP contribution in [0.4, 0.5) is 4.39 Å². The van der Waals surface area contributed by atoms with E-state index in [2.05, 4.69) is 26.0 Å². The highest BCUT2D eigenvalue weighted by molar-refractivity contribution is 7.93. The summed E-state index contributed by atoms with van der Waals surface area (Å²) in [5.41, 5.74) is 9.11. The number of aromatic nitrogens is 3. The van der Waals surface area contributed by atoms with E-state index in [4.69, 9.17) is 5.73 Å². The van der Waals surface area contributed by atoms with Gasteiger partial charge >= 0.3 is 0 Å². The van der Waals surface area contributed by atoms with Crippen LogP contribution in [0.2, 0.25) is 0 Å². The van der Waals surface area contributed by atoms with Crippen molar-refractivity contribution in [3.05, 3.63) is 65.0 Å². The maximum Gasteiger partial charge on any atom is 0.165 e. The monoisotopic (exact) mass is 495 g/mol. The Morgan fingerprint density at radius 1 is 1.09 bits per heavy atom. The Kier molecular flexibility index (Phi) is 5.66. The number of rotatable bonds is 6.